The molecule has 152 valence electrons. The molecule has 0 aliphatic rings. The Kier molecular flexibility index (Phi) is 6.56. The Morgan fingerprint density at radius 1 is 1.14 bits per heavy atom. The average Bonchev–Trinajstić information content (AvgIpc) is 3.12. The van der Waals surface area contributed by atoms with E-state index in [1.165, 1.54) is 12.3 Å². The highest BCUT2D eigenvalue weighted by Crippen LogP contribution is 2.30. The zero-order valence-corrected chi connectivity index (χ0v) is 17.3. The summed E-state index contributed by atoms with van der Waals surface area (Å²) in [4.78, 5) is 20.3. The van der Waals surface area contributed by atoms with Crippen molar-refractivity contribution in [3.8, 4) is 17.4 Å². The maximum absolute atomic E-state index is 12.2. The number of carbonyl (C=O) groups excluding carboxylic acids is 1. The third-order valence-electron chi connectivity index (χ3n) is 3.64. The molecule has 8 nitrogen and oxygen atoms in total. The minimum atomic E-state index is -0.847. The quantitative estimate of drug-likeness (QED) is 0.479. The van der Waals surface area contributed by atoms with Crippen LogP contribution in [-0.4, -0.2) is 27.2 Å². The lowest BCUT2D eigenvalue weighted by Gasteiger charge is -2.16. The standard InChI is InChI=1S/C19H17Cl2N3O5/c1-10(17-23-12(3)24-29-17)27-19(25)11(2)26-14-4-6-15(7-5-14)28-18-16(21)8-13(20)9-22-18/h4-11H,1-3H3. The molecule has 1 aromatic carbocycles. The monoisotopic (exact) mass is 437 g/mol. The molecule has 2 unspecified atom stereocenters. The lowest BCUT2D eigenvalue weighted by Crippen LogP contribution is -2.27. The van der Waals surface area contributed by atoms with E-state index in [-0.39, 0.29) is 11.8 Å². The van der Waals surface area contributed by atoms with Crippen LogP contribution in [0, 0.1) is 6.92 Å². The molecule has 2 aromatic heterocycles. The van der Waals surface area contributed by atoms with Gasteiger partial charge >= 0.3 is 5.97 Å². The van der Waals surface area contributed by atoms with Crippen LogP contribution in [0.3, 0.4) is 0 Å². The molecular weight excluding hydrogens is 421 g/mol. The fraction of sp³-hybridized carbons (Fsp3) is 0.263. The SMILES string of the molecule is Cc1noc(C(C)OC(=O)C(C)Oc2ccc(Oc3ncc(Cl)cc3Cl)cc2)n1. The summed E-state index contributed by atoms with van der Waals surface area (Å²) in [6, 6.07) is 8.14. The van der Waals surface area contributed by atoms with Gasteiger partial charge in [-0.3, -0.25) is 0 Å². The second-order valence-corrected chi connectivity index (χ2v) is 6.88. The van der Waals surface area contributed by atoms with E-state index in [2.05, 4.69) is 15.1 Å². The molecule has 0 spiro atoms. The molecule has 0 bridgehead atoms. The van der Waals surface area contributed by atoms with E-state index in [0.717, 1.165) is 0 Å². The van der Waals surface area contributed by atoms with Crippen LogP contribution in [0.25, 0.3) is 0 Å². The smallest absolute Gasteiger partial charge is 0.347 e. The summed E-state index contributed by atoms with van der Waals surface area (Å²) in [5, 5.41) is 4.37. The highest BCUT2D eigenvalue weighted by atomic mass is 35.5. The number of halogens is 2. The van der Waals surface area contributed by atoms with Gasteiger partial charge < -0.3 is 18.7 Å². The van der Waals surface area contributed by atoms with Gasteiger partial charge in [0.05, 0.1) is 5.02 Å². The van der Waals surface area contributed by atoms with Crippen LogP contribution >= 0.6 is 23.2 Å². The number of pyridine rings is 1. The van der Waals surface area contributed by atoms with Crippen molar-refractivity contribution in [1.82, 2.24) is 15.1 Å². The number of hydrogen-bond acceptors (Lipinski definition) is 8. The van der Waals surface area contributed by atoms with Gasteiger partial charge in [0.1, 0.15) is 16.5 Å². The van der Waals surface area contributed by atoms with Crippen LogP contribution in [-0.2, 0) is 9.53 Å². The number of ether oxygens (including phenoxy) is 3. The first-order valence-corrected chi connectivity index (χ1v) is 9.33. The normalized spacial score (nSPS) is 12.9. The molecule has 0 fully saturated rings. The summed E-state index contributed by atoms with van der Waals surface area (Å²) >= 11 is 11.9. The third kappa shape index (κ3) is 5.58. The van der Waals surface area contributed by atoms with Crippen molar-refractivity contribution in [3.63, 3.8) is 0 Å². The summed E-state index contributed by atoms with van der Waals surface area (Å²) in [6.07, 6.45) is -0.0905. The number of nitrogens with zero attached hydrogens (tertiary/aromatic N) is 3. The number of aromatic nitrogens is 3. The van der Waals surface area contributed by atoms with E-state index >= 15 is 0 Å². The van der Waals surface area contributed by atoms with Crippen molar-refractivity contribution in [2.24, 2.45) is 0 Å². The zero-order valence-electron chi connectivity index (χ0n) is 15.8. The van der Waals surface area contributed by atoms with Crippen molar-refractivity contribution in [2.45, 2.75) is 33.0 Å². The Hall–Kier alpha value is -2.84. The summed E-state index contributed by atoms with van der Waals surface area (Å²) < 4.78 is 21.5. The van der Waals surface area contributed by atoms with Crippen LogP contribution in [0.2, 0.25) is 10.0 Å². The van der Waals surface area contributed by atoms with E-state index in [0.29, 0.717) is 27.4 Å². The largest absolute Gasteiger partial charge is 0.479 e. The highest BCUT2D eigenvalue weighted by molar-refractivity contribution is 6.35. The molecule has 0 aliphatic heterocycles. The first kappa shape index (κ1) is 20.9. The fourth-order valence-corrected chi connectivity index (χ4v) is 2.64. The summed E-state index contributed by atoms with van der Waals surface area (Å²) in [7, 11) is 0. The van der Waals surface area contributed by atoms with Crippen molar-refractivity contribution >= 4 is 29.2 Å². The minimum Gasteiger partial charge on any atom is -0.479 e. The molecule has 0 radical (unpaired) electrons. The van der Waals surface area contributed by atoms with Gasteiger partial charge in [0.15, 0.2) is 18.0 Å². The zero-order chi connectivity index (χ0) is 21.0. The fourth-order valence-electron chi connectivity index (χ4n) is 2.23. The van der Waals surface area contributed by atoms with Crippen LogP contribution < -0.4 is 9.47 Å². The lowest BCUT2D eigenvalue weighted by molar-refractivity contribution is -0.157. The van der Waals surface area contributed by atoms with Crippen molar-refractivity contribution in [1.29, 1.82) is 0 Å². The Bertz CT molecular complexity index is 994. The van der Waals surface area contributed by atoms with Crippen molar-refractivity contribution < 1.29 is 23.5 Å². The number of carbonyl (C=O) groups is 1. The first-order valence-electron chi connectivity index (χ1n) is 8.58. The molecule has 0 aliphatic carbocycles. The van der Waals surface area contributed by atoms with E-state index in [9.17, 15) is 4.79 Å². The van der Waals surface area contributed by atoms with E-state index in [4.69, 9.17) is 41.9 Å². The number of aryl methyl sites for hydroxylation is 1. The van der Waals surface area contributed by atoms with Gasteiger partial charge in [0.25, 0.3) is 5.89 Å². The molecule has 3 rings (SSSR count). The third-order valence-corrected chi connectivity index (χ3v) is 4.12. The topological polar surface area (TPSA) is 96.6 Å². The maximum atomic E-state index is 12.2. The van der Waals surface area contributed by atoms with Crippen molar-refractivity contribution in [2.75, 3.05) is 0 Å². The molecule has 2 atom stereocenters. The average molecular weight is 438 g/mol. The molecule has 0 saturated heterocycles. The summed E-state index contributed by atoms with van der Waals surface area (Å²) in [5.41, 5.74) is 0. The Balaban J connectivity index is 1.56. The van der Waals surface area contributed by atoms with Gasteiger partial charge in [-0.1, -0.05) is 28.4 Å². The van der Waals surface area contributed by atoms with E-state index < -0.39 is 18.2 Å². The molecule has 3 aromatic rings. The summed E-state index contributed by atoms with van der Waals surface area (Å²) in [6.45, 7) is 4.90. The number of benzene rings is 1. The van der Waals surface area contributed by atoms with Gasteiger partial charge in [-0.25, -0.2) is 9.78 Å². The lowest BCUT2D eigenvalue weighted by atomic mass is 10.3. The van der Waals surface area contributed by atoms with Crippen LogP contribution in [0.1, 0.15) is 31.7 Å². The molecule has 0 N–H and O–H groups in total. The number of esters is 1. The van der Waals surface area contributed by atoms with E-state index in [1.807, 2.05) is 0 Å². The predicted octanol–water partition coefficient (Wildman–Crippen LogP) is 4.94. The minimum absolute atomic E-state index is 0.221. The second-order valence-electron chi connectivity index (χ2n) is 6.03. The van der Waals surface area contributed by atoms with Crippen LogP contribution in [0.15, 0.2) is 41.1 Å². The number of hydrogen-bond donors (Lipinski definition) is 0. The van der Waals surface area contributed by atoms with Crippen molar-refractivity contribution in [3.05, 3.63) is 58.3 Å². The maximum Gasteiger partial charge on any atom is 0.347 e. The van der Waals surface area contributed by atoms with E-state index in [1.54, 1.807) is 45.0 Å². The molecular formula is C19H17Cl2N3O5. The molecule has 0 saturated carbocycles. The molecule has 29 heavy (non-hydrogen) atoms. The van der Waals surface area contributed by atoms with Gasteiger partial charge in [-0.05, 0) is 51.1 Å². The van der Waals surface area contributed by atoms with Crippen LogP contribution in [0.4, 0.5) is 0 Å². The first-order chi connectivity index (χ1) is 13.8. The van der Waals surface area contributed by atoms with Gasteiger partial charge in [-0.15, -0.1) is 0 Å². The predicted molar refractivity (Wildman–Crippen MR) is 104 cm³/mol. The molecule has 0 amide bonds. The Labute approximate surface area is 176 Å². The Morgan fingerprint density at radius 3 is 2.45 bits per heavy atom. The highest BCUT2D eigenvalue weighted by Gasteiger charge is 2.23. The Morgan fingerprint density at radius 2 is 1.83 bits per heavy atom. The van der Waals surface area contributed by atoms with Gasteiger partial charge in [0.2, 0.25) is 5.88 Å². The molecule has 10 heteroatoms. The second kappa shape index (κ2) is 9.11. The van der Waals surface area contributed by atoms with Gasteiger partial charge in [-0.2, -0.15) is 4.98 Å². The van der Waals surface area contributed by atoms with Crippen LogP contribution in [0.5, 0.6) is 17.4 Å². The molecule has 2 heterocycles. The summed E-state index contributed by atoms with van der Waals surface area (Å²) in [5.74, 6) is 1.30. The van der Waals surface area contributed by atoms with Gasteiger partial charge in [0, 0.05) is 6.20 Å². The number of rotatable bonds is 7.